The second-order valence-corrected chi connectivity index (χ2v) is 10.1. The fraction of sp³-hybridized carbons (Fsp3) is 0.500. The van der Waals surface area contributed by atoms with Gasteiger partial charge >= 0.3 is 0 Å². The van der Waals surface area contributed by atoms with E-state index in [9.17, 15) is 0 Å². The summed E-state index contributed by atoms with van der Waals surface area (Å²) in [5.74, 6) is 2.64. The zero-order chi connectivity index (χ0) is 20.0. The molecule has 1 saturated heterocycles. The first kappa shape index (κ1) is 19.3. The molecular formula is C20H24BrN7S. The molecule has 3 heterocycles. The molecule has 0 N–H and O–H groups in total. The van der Waals surface area contributed by atoms with Crippen molar-refractivity contribution in [3.05, 3.63) is 40.5 Å². The van der Waals surface area contributed by atoms with Crippen LogP contribution >= 0.6 is 27.7 Å². The molecule has 1 aliphatic carbocycles. The standard InChI is InChI=1S/C20H24BrN7S/c1-26-12-17(22-25-26)18-23-24-19(27(18)2)29-9-3-8-28-11-15-10-20(15,13-28)14-4-6-16(21)7-5-14/h4-7,12,15H,3,8-11,13H2,1-2H3. The van der Waals surface area contributed by atoms with Gasteiger partial charge in [0.05, 0.1) is 6.20 Å². The Morgan fingerprint density at radius 2 is 2.00 bits per heavy atom. The lowest BCUT2D eigenvalue weighted by atomic mass is 9.95. The number of aromatic nitrogens is 6. The van der Waals surface area contributed by atoms with Gasteiger partial charge in [-0.05, 0) is 43.0 Å². The SMILES string of the molecule is Cn1cc(-c2nnc(SCCCN3CC4CC4(c4ccc(Br)cc4)C3)n2C)nn1. The molecule has 2 atom stereocenters. The Hall–Kier alpha value is -1.71. The van der Waals surface area contributed by atoms with Gasteiger partial charge in [-0.15, -0.1) is 15.3 Å². The number of fused-ring (bicyclic) bond motifs is 1. The first-order chi connectivity index (χ1) is 14.0. The number of hydrogen-bond donors (Lipinski definition) is 0. The first-order valence-corrected chi connectivity index (χ1v) is 11.7. The number of piperidine rings is 1. The third-order valence-electron chi connectivity index (χ3n) is 6.15. The van der Waals surface area contributed by atoms with Gasteiger partial charge in [0.25, 0.3) is 0 Å². The van der Waals surface area contributed by atoms with Crippen LogP contribution in [0.25, 0.3) is 11.5 Å². The fourth-order valence-corrected chi connectivity index (χ4v) is 5.65. The summed E-state index contributed by atoms with van der Waals surface area (Å²) < 4.78 is 4.84. The molecule has 0 spiro atoms. The van der Waals surface area contributed by atoms with Gasteiger partial charge in [0.2, 0.25) is 0 Å². The van der Waals surface area contributed by atoms with Crippen LogP contribution < -0.4 is 0 Å². The predicted octanol–water partition coefficient (Wildman–Crippen LogP) is 3.13. The Morgan fingerprint density at radius 3 is 2.76 bits per heavy atom. The molecule has 29 heavy (non-hydrogen) atoms. The van der Waals surface area contributed by atoms with E-state index < -0.39 is 0 Å². The molecule has 0 amide bonds. The van der Waals surface area contributed by atoms with E-state index in [0.717, 1.165) is 45.8 Å². The highest BCUT2D eigenvalue weighted by molar-refractivity contribution is 9.10. The van der Waals surface area contributed by atoms with Crippen molar-refractivity contribution >= 4 is 27.7 Å². The molecule has 7 nitrogen and oxygen atoms in total. The van der Waals surface area contributed by atoms with Crippen molar-refractivity contribution in [2.45, 2.75) is 23.4 Å². The van der Waals surface area contributed by atoms with Crippen molar-refractivity contribution in [2.24, 2.45) is 20.0 Å². The van der Waals surface area contributed by atoms with Gasteiger partial charge in [-0.3, -0.25) is 4.68 Å². The maximum Gasteiger partial charge on any atom is 0.191 e. The van der Waals surface area contributed by atoms with E-state index in [1.54, 1.807) is 16.4 Å². The normalized spacial score (nSPS) is 23.5. The van der Waals surface area contributed by atoms with Crippen LogP contribution in [-0.4, -0.2) is 60.0 Å². The minimum absolute atomic E-state index is 0.420. The number of hydrogen-bond acceptors (Lipinski definition) is 6. The molecule has 1 aromatic carbocycles. The van der Waals surface area contributed by atoms with Crippen LogP contribution in [0.5, 0.6) is 0 Å². The lowest BCUT2D eigenvalue weighted by molar-refractivity contribution is 0.299. The second kappa shape index (κ2) is 7.52. The Bertz CT molecular complexity index is 1010. The lowest BCUT2D eigenvalue weighted by Crippen LogP contribution is -2.27. The molecule has 0 radical (unpaired) electrons. The largest absolute Gasteiger partial charge is 0.304 e. The molecule has 1 aliphatic heterocycles. The Balaban J connectivity index is 1.12. The van der Waals surface area contributed by atoms with Gasteiger partial charge in [-0.25, -0.2) is 0 Å². The van der Waals surface area contributed by atoms with E-state index in [2.05, 4.69) is 65.6 Å². The Kier molecular flexibility index (Phi) is 4.99. The van der Waals surface area contributed by atoms with E-state index in [4.69, 9.17) is 0 Å². The van der Waals surface area contributed by atoms with Gasteiger partial charge < -0.3 is 9.47 Å². The summed E-state index contributed by atoms with van der Waals surface area (Å²) in [5.41, 5.74) is 2.69. The summed E-state index contributed by atoms with van der Waals surface area (Å²) >= 11 is 5.31. The molecule has 9 heteroatoms. The monoisotopic (exact) mass is 473 g/mol. The summed E-state index contributed by atoms with van der Waals surface area (Å²) in [6.45, 7) is 3.59. The van der Waals surface area contributed by atoms with Crippen LogP contribution in [0.4, 0.5) is 0 Å². The van der Waals surface area contributed by atoms with Crippen LogP contribution in [0.2, 0.25) is 0 Å². The molecule has 2 aliphatic rings. The number of benzene rings is 1. The molecule has 2 fully saturated rings. The summed E-state index contributed by atoms with van der Waals surface area (Å²) in [5, 5.41) is 17.6. The predicted molar refractivity (Wildman–Crippen MR) is 117 cm³/mol. The highest BCUT2D eigenvalue weighted by Crippen LogP contribution is 2.59. The number of halogens is 1. The van der Waals surface area contributed by atoms with Crippen molar-refractivity contribution in [1.82, 2.24) is 34.7 Å². The number of nitrogens with zero attached hydrogens (tertiary/aromatic N) is 7. The minimum Gasteiger partial charge on any atom is -0.304 e. The van der Waals surface area contributed by atoms with Crippen LogP contribution in [0.1, 0.15) is 18.4 Å². The highest BCUT2D eigenvalue weighted by atomic mass is 79.9. The molecule has 0 bridgehead atoms. The minimum atomic E-state index is 0.420. The van der Waals surface area contributed by atoms with Crippen LogP contribution in [0, 0.1) is 5.92 Å². The third-order valence-corrected chi connectivity index (χ3v) is 7.79. The summed E-state index contributed by atoms with van der Waals surface area (Å²) in [7, 11) is 3.84. The second-order valence-electron chi connectivity index (χ2n) is 8.14. The lowest BCUT2D eigenvalue weighted by Gasteiger charge is -2.21. The van der Waals surface area contributed by atoms with E-state index in [1.165, 1.54) is 25.1 Å². The molecular weight excluding hydrogens is 450 g/mol. The van der Waals surface area contributed by atoms with E-state index in [1.807, 2.05) is 24.9 Å². The van der Waals surface area contributed by atoms with Gasteiger partial charge in [-0.2, -0.15) is 0 Å². The summed E-state index contributed by atoms with van der Waals surface area (Å²) in [4.78, 5) is 2.64. The summed E-state index contributed by atoms with van der Waals surface area (Å²) in [6.07, 6.45) is 4.36. The number of thioether (sulfide) groups is 1. The fourth-order valence-electron chi connectivity index (χ4n) is 4.55. The third kappa shape index (κ3) is 3.64. The van der Waals surface area contributed by atoms with Crippen LogP contribution in [-0.2, 0) is 19.5 Å². The van der Waals surface area contributed by atoms with Crippen molar-refractivity contribution in [3.8, 4) is 11.5 Å². The first-order valence-electron chi connectivity index (χ1n) is 9.92. The molecule has 152 valence electrons. The van der Waals surface area contributed by atoms with Crippen molar-refractivity contribution in [1.29, 1.82) is 0 Å². The van der Waals surface area contributed by atoms with Crippen LogP contribution in [0.3, 0.4) is 0 Å². The number of aryl methyl sites for hydroxylation is 1. The van der Waals surface area contributed by atoms with E-state index in [0.29, 0.717) is 5.41 Å². The van der Waals surface area contributed by atoms with E-state index in [-0.39, 0.29) is 0 Å². The van der Waals surface area contributed by atoms with Gasteiger partial charge in [-0.1, -0.05) is 45.0 Å². The van der Waals surface area contributed by atoms with Crippen molar-refractivity contribution in [3.63, 3.8) is 0 Å². The average molecular weight is 474 g/mol. The van der Waals surface area contributed by atoms with E-state index >= 15 is 0 Å². The molecule has 1 saturated carbocycles. The van der Waals surface area contributed by atoms with Crippen molar-refractivity contribution in [2.75, 3.05) is 25.4 Å². The topological polar surface area (TPSA) is 64.7 Å². The Labute approximate surface area is 183 Å². The van der Waals surface area contributed by atoms with Crippen LogP contribution in [0.15, 0.2) is 40.1 Å². The Morgan fingerprint density at radius 1 is 1.17 bits per heavy atom. The maximum atomic E-state index is 4.33. The smallest absolute Gasteiger partial charge is 0.191 e. The summed E-state index contributed by atoms with van der Waals surface area (Å²) in [6, 6.07) is 8.95. The molecule has 2 unspecified atom stereocenters. The molecule has 2 aromatic heterocycles. The number of rotatable bonds is 7. The molecule has 5 rings (SSSR count). The highest BCUT2D eigenvalue weighted by Gasteiger charge is 2.60. The quantitative estimate of drug-likeness (QED) is 0.387. The van der Waals surface area contributed by atoms with Gasteiger partial charge in [0.15, 0.2) is 16.7 Å². The maximum absolute atomic E-state index is 4.33. The number of likely N-dealkylation sites (tertiary alicyclic amines) is 1. The van der Waals surface area contributed by atoms with Gasteiger partial charge in [0, 0.05) is 42.8 Å². The van der Waals surface area contributed by atoms with Crippen molar-refractivity contribution < 1.29 is 0 Å². The van der Waals surface area contributed by atoms with Gasteiger partial charge in [0.1, 0.15) is 0 Å². The molecule has 3 aromatic rings. The zero-order valence-corrected chi connectivity index (χ0v) is 19.0. The average Bonchev–Trinajstić information content (AvgIpc) is 3.03. The zero-order valence-electron chi connectivity index (χ0n) is 16.6.